The number of rotatable bonds is 7. The van der Waals surface area contributed by atoms with Crippen LogP contribution in [0.1, 0.15) is 23.7 Å². The zero-order chi connectivity index (χ0) is 23.4. The zero-order valence-electron chi connectivity index (χ0n) is 17.9. The average Bonchev–Trinajstić information content (AvgIpc) is 2.83. The molecule has 0 radical (unpaired) electrons. The Hall–Kier alpha value is -3.91. The van der Waals surface area contributed by atoms with E-state index in [-0.39, 0.29) is 17.0 Å². The summed E-state index contributed by atoms with van der Waals surface area (Å²) in [5.41, 5.74) is 7.03. The van der Waals surface area contributed by atoms with E-state index in [1.165, 1.54) is 16.3 Å². The van der Waals surface area contributed by atoms with E-state index in [0.29, 0.717) is 33.9 Å². The fourth-order valence-corrected chi connectivity index (χ4v) is 4.50. The van der Waals surface area contributed by atoms with Crippen molar-refractivity contribution in [2.75, 3.05) is 5.32 Å². The van der Waals surface area contributed by atoms with Crippen molar-refractivity contribution in [3.63, 3.8) is 0 Å². The molecule has 0 spiro atoms. The summed E-state index contributed by atoms with van der Waals surface area (Å²) in [4.78, 5) is 42.9. The summed E-state index contributed by atoms with van der Waals surface area (Å²) >= 11 is 1.20. The Labute approximate surface area is 194 Å². The maximum Gasteiger partial charge on any atom is 0.266 e. The van der Waals surface area contributed by atoms with Crippen LogP contribution in [-0.2, 0) is 4.79 Å². The number of hydrogen-bond acceptors (Lipinski definition) is 5. The average molecular weight is 459 g/mol. The van der Waals surface area contributed by atoms with Crippen LogP contribution in [0.4, 0.5) is 5.69 Å². The topological polar surface area (TPSA) is 107 Å². The van der Waals surface area contributed by atoms with E-state index in [1.807, 2.05) is 43.3 Å². The van der Waals surface area contributed by atoms with Crippen molar-refractivity contribution in [2.45, 2.75) is 23.8 Å². The Morgan fingerprint density at radius 2 is 1.67 bits per heavy atom. The number of nitrogens with zero attached hydrogens (tertiary/aromatic N) is 2. The summed E-state index contributed by atoms with van der Waals surface area (Å²) in [6.45, 7) is 1.88. The van der Waals surface area contributed by atoms with Crippen LogP contribution < -0.4 is 16.6 Å². The lowest BCUT2D eigenvalue weighted by Gasteiger charge is -2.18. The third-order valence-corrected chi connectivity index (χ3v) is 6.44. The van der Waals surface area contributed by atoms with Crippen LogP contribution in [0.5, 0.6) is 0 Å². The van der Waals surface area contributed by atoms with Gasteiger partial charge in [-0.15, -0.1) is 0 Å². The maximum atomic E-state index is 13.4. The number of primary amides is 1. The number of anilines is 1. The minimum Gasteiger partial charge on any atom is -0.366 e. The van der Waals surface area contributed by atoms with Gasteiger partial charge in [0.25, 0.3) is 11.5 Å². The summed E-state index contributed by atoms with van der Waals surface area (Å²) in [7, 11) is 0. The van der Waals surface area contributed by atoms with Gasteiger partial charge >= 0.3 is 0 Å². The Bertz CT molecular complexity index is 1390. The number of para-hydroxylation sites is 3. The number of benzene rings is 3. The van der Waals surface area contributed by atoms with Crippen LogP contribution in [0.15, 0.2) is 88.8 Å². The second kappa shape index (κ2) is 9.70. The standard InChI is InChI=1S/C25H22N4O3S/c1-2-21(23(31)27-19-14-8-6-12-17(19)22(26)30)33-25-28-20-15-9-7-13-18(20)24(32)29(25)16-10-4-3-5-11-16/h3-15,21H,2H2,1H3,(H2,26,30)(H,27,31). The van der Waals surface area contributed by atoms with E-state index in [2.05, 4.69) is 5.32 Å². The molecule has 1 unspecified atom stereocenters. The minimum absolute atomic E-state index is 0.205. The smallest absolute Gasteiger partial charge is 0.266 e. The number of thioether (sulfide) groups is 1. The highest BCUT2D eigenvalue weighted by Crippen LogP contribution is 2.28. The van der Waals surface area contributed by atoms with Gasteiger partial charge in [-0.05, 0) is 42.8 Å². The van der Waals surface area contributed by atoms with Crippen molar-refractivity contribution in [2.24, 2.45) is 5.73 Å². The van der Waals surface area contributed by atoms with E-state index < -0.39 is 11.2 Å². The van der Waals surface area contributed by atoms with E-state index >= 15 is 0 Å². The molecule has 4 rings (SSSR count). The van der Waals surface area contributed by atoms with Crippen LogP contribution in [0, 0.1) is 0 Å². The summed E-state index contributed by atoms with van der Waals surface area (Å²) in [6.07, 6.45) is 0.479. The van der Waals surface area contributed by atoms with Crippen LogP contribution in [0.2, 0.25) is 0 Å². The molecule has 1 atom stereocenters. The molecule has 8 heteroatoms. The number of carbonyl (C=O) groups is 2. The maximum absolute atomic E-state index is 13.4. The summed E-state index contributed by atoms with van der Waals surface area (Å²) in [5.74, 6) is -0.932. The number of hydrogen-bond donors (Lipinski definition) is 2. The van der Waals surface area contributed by atoms with E-state index in [4.69, 9.17) is 10.7 Å². The molecule has 7 nitrogen and oxygen atoms in total. The summed E-state index contributed by atoms with van der Waals surface area (Å²) in [6, 6.07) is 22.9. The number of fused-ring (bicyclic) bond motifs is 1. The fraction of sp³-hybridized carbons (Fsp3) is 0.120. The number of aromatic nitrogens is 2. The van der Waals surface area contributed by atoms with Crippen LogP contribution in [-0.4, -0.2) is 26.6 Å². The van der Waals surface area contributed by atoms with E-state index in [1.54, 1.807) is 42.5 Å². The van der Waals surface area contributed by atoms with Gasteiger partial charge in [-0.2, -0.15) is 0 Å². The highest BCUT2D eigenvalue weighted by atomic mass is 32.2. The van der Waals surface area contributed by atoms with Gasteiger partial charge in [0.2, 0.25) is 5.91 Å². The summed E-state index contributed by atoms with van der Waals surface area (Å²) < 4.78 is 1.53. The molecule has 1 heterocycles. The number of nitrogens with two attached hydrogens (primary N) is 1. The molecular weight excluding hydrogens is 436 g/mol. The van der Waals surface area contributed by atoms with Gasteiger partial charge in [0.15, 0.2) is 5.16 Å². The Kier molecular flexibility index (Phi) is 6.55. The van der Waals surface area contributed by atoms with E-state index in [0.717, 1.165) is 0 Å². The molecule has 166 valence electrons. The molecule has 2 amide bonds. The quantitative estimate of drug-likeness (QED) is 0.322. The lowest BCUT2D eigenvalue weighted by atomic mass is 10.1. The van der Waals surface area contributed by atoms with Gasteiger partial charge in [-0.3, -0.25) is 19.0 Å². The lowest BCUT2D eigenvalue weighted by Crippen LogP contribution is -2.28. The zero-order valence-corrected chi connectivity index (χ0v) is 18.7. The molecule has 0 fully saturated rings. The largest absolute Gasteiger partial charge is 0.366 e. The highest BCUT2D eigenvalue weighted by molar-refractivity contribution is 8.00. The van der Waals surface area contributed by atoms with Crippen molar-refractivity contribution in [3.05, 3.63) is 94.8 Å². The molecule has 4 aromatic rings. The van der Waals surface area contributed by atoms with Crippen molar-refractivity contribution in [1.82, 2.24) is 9.55 Å². The second-order valence-corrected chi connectivity index (χ2v) is 8.47. The third kappa shape index (κ3) is 4.65. The molecule has 3 N–H and O–H groups in total. The van der Waals surface area contributed by atoms with Gasteiger partial charge in [-0.25, -0.2) is 4.98 Å². The van der Waals surface area contributed by atoms with Crippen LogP contribution in [0.3, 0.4) is 0 Å². The number of amides is 2. The number of nitrogens with one attached hydrogen (secondary N) is 1. The monoisotopic (exact) mass is 458 g/mol. The van der Waals surface area contributed by atoms with Gasteiger partial charge in [0.05, 0.1) is 33.1 Å². The predicted octanol–water partition coefficient (Wildman–Crippen LogP) is 3.99. The molecule has 0 bridgehead atoms. The van der Waals surface area contributed by atoms with E-state index in [9.17, 15) is 14.4 Å². The van der Waals surface area contributed by atoms with Crippen LogP contribution >= 0.6 is 11.8 Å². The van der Waals surface area contributed by atoms with Gasteiger partial charge in [0, 0.05) is 0 Å². The van der Waals surface area contributed by atoms with Crippen molar-refractivity contribution in [3.8, 4) is 5.69 Å². The molecule has 0 saturated carbocycles. The SMILES string of the molecule is CCC(Sc1nc2ccccc2c(=O)n1-c1ccccc1)C(=O)Nc1ccccc1C(N)=O. The van der Waals surface area contributed by atoms with Crippen molar-refractivity contribution in [1.29, 1.82) is 0 Å². The fourth-order valence-electron chi connectivity index (χ4n) is 3.47. The first kappa shape index (κ1) is 22.3. The number of carbonyl (C=O) groups excluding carboxylic acids is 2. The minimum atomic E-state index is -0.624. The van der Waals surface area contributed by atoms with Gasteiger partial charge < -0.3 is 11.1 Å². The first-order valence-corrected chi connectivity index (χ1v) is 11.3. The first-order chi connectivity index (χ1) is 16.0. The molecule has 0 saturated heterocycles. The normalized spacial score (nSPS) is 11.8. The molecule has 1 aromatic heterocycles. The molecule has 33 heavy (non-hydrogen) atoms. The molecule has 3 aromatic carbocycles. The van der Waals surface area contributed by atoms with Crippen LogP contribution in [0.25, 0.3) is 16.6 Å². The molecule has 0 aliphatic carbocycles. The van der Waals surface area contributed by atoms with Gasteiger partial charge in [-0.1, -0.05) is 61.2 Å². The first-order valence-electron chi connectivity index (χ1n) is 10.4. The Morgan fingerprint density at radius 1 is 1.00 bits per heavy atom. The van der Waals surface area contributed by atoms with Crippen molar-refractivity contribution >= 4 is 40.2 Å². The van der Waals surface area contributed by atoms with Gasteiger partial charge in [0.1, 0.15) is 0 Å². The molecular formula is C25H22N4O3S. The Balaban J connectivity index is 1.73. The second-order valence-electron chi connectivity index (χ2n) is 7.30. The Morgan fingerprint density at radius 3 is 2.39 bits per heavy atom. The predicted molar refractivity (Wildman–Crippen MR) is 131 cm³/mol. The van der Waals surface area contributed by atoms with Crippen molar-refractivity contribution < 1.29 is 9.59 Å². The lowest BCUT2D eigenvalue weighted by molar-refractivity contribution is -0.115. The molecule has 0 aliphatic rings. The highest BCUT2D eigenvalue weighted by Gasteiger charge is 2.23. The third-order valence-electron chi connectivity index (χ3n) is 5.12. The molecule has 0 aliphatic heterocycles. The summed E-state index contributed by atoms with van der Waals surface area (Å²) in [5, 5.41) is 3.15.